The fraction of sp³-hybridized carbons (Fsp3) is 0.462. The SMILES string of the molecule is Oc1ccc2nc(CC3CCCCO3)cn2c1. The number of pyridine rings is 1. The summed E-state index contributed by atoms with van der Waals surface area (Å²) in [4.78, 5) is 4.52. The second-order valence-electron chi connectivity index (χ2n) is 4.58. The average Bonchev–Trinajstić information content (AvgIpc) is 2.71. The summed E-state index contributed by atoms with van der Waals surface area (Å²) in [5.74, 6) is 0.260. The molecular formula is C13H16N2O2. The molecule has 4 heteroatoms. The van der Waals surface area contributed by atoms with Gasteiger partial charge in [0.05, 0.1) is 18.0 Å². The second-order valence-corrected chi connectivity index (χ2v) is 4.58. The highest BCUT2D eigenvalue weighted by atomic mass is 16.5. The summed E-state index contributed by atoms with van der Waals surface area (Å²) in [6.45, 7) is 0.874. The molecule has 1 unspecified atom stereocenters. The Morgan fingerprint density at radius 2 is 2.29 bits per heavy atom. The number of nitrogens with zero attached hydrogens (tertiary/aromatic N) is 2. The van der Waals surface area contributed by atoms with Gasteiger partial charge in [0, 0.05) is 19.2 Å². The molecule has 0 aromatic carbocycles. The maximum Gasteiger partial charge on any atom is 0.137 e. The highest BCUT2D eigenvalue weighted by Gasteiger charge is 2.15. The first-order valence-electron chi connectivity index (χ1n) is 6.09. The fourth-order valence-electron chi connectivity index (χ4n) is 2.33. The number of rotatable bonds is 2. The lowest BCUT2D eigenvalue weighted by molar-refractivity contribution is 0.0163. The van der Waals surface area contributed by atoms with Crippen LogP contribution in [0.15, 0.2) is 24.5 Å². The predicted molar refractivity (Wildman–Crippen MR) is 64.2 cm³/mol. The number of aromatic hydroxyl groups is 1. The number of hydrogen-bond donors (Lipinski definition) is 1. The molecule has 0 spiro atoms. The molecule has 1 aliphatic heterocycles. The first kappa shape index (κ1) is 10.6. The van der Waals surface area contributed by atoms with Gasteiger partial charge in [0.2, 0.25) is 0 Å². The topological polar surface area (TPSA) is 46.8 Å². The first-order chi connectivity index (χ1) is 8.31. The minimum Gasteiger partial charge on any atom is -0.506 e. The summed E-state index contributed by atoms with van der Waals surface area (Å²) in [5, 5.41) is 9.39. The number of aromatic nitrogens is 2. The van der Waals surface area contributed by atoms with Crippen molar-refractivity contribution in [3.05, 3.63) is 30.2 Å². The van der Waals surface area contributed by atoms with Gasteiger partial charge in [-0.15, -0.1) is 0 Å². The van der Waals surface area contributed by atoms with Crippen molar-refractivity contribution in [3.63, 3.8) is 0 Å². The van der Waals surface area contributed by atoms with Crippen molar-refractivity contribution in [1.82, 2.24) is 9.38 Å². The van der Waals surface area contributed by atoms with Gasteiger partial charge in [0.25, 0.3) is 0 Å². The minimum atomic E-state index is 0.260. The first-order valence-corrected chi connectivity index (χ1v) is 6.09. The Morgan fingerprint density at radius 3 is 3.12 bits per heavy atom. The molecular weight excluding hydrogens is 216 g/mol. The van der Waals surface area contributed by atoms with E-state index in [0.717, 1.165) is 30.8 Å². The summed E-state index contributed by atoms with van der Waals surface area (Å²) in [7, 11) is 0. The van der Waals surface area contributed by atoms with Crippen molar-refractivity contribution in [3.8, 4) is 5.75 Å². The molecule has 17 heavy (non-hydrogen) atoms. The lowest BCUT2D eigenvalue weighted by atomic mass is 10.1. The smallest absolute Gasteiger partial charge is 0.137 e. The molecule has 1 saturated heterocycles. The Labute approximate surface area is 99.9 Å². The highest BCUT2D eigenvalue weighted by molar-refractivity contribution is 5.42. The third kappa shape index (κ3) is 2.26. The number of fused-ring (bicyclic) bond motifs is 1. The molecule has 0 saturated carbocycles. The number of hydrogen-bond acceptors (Lipinski definition) is 3. The van der Waals surface area contributed by atoms with Crippen molar-refractivity contribution in [2.75, 3.05) is 6.61 Å². The van der Waals surface area contributed by atoms with Crippen LogP contribution in [0.4, 0.5) is 0 Å². The normalized spacial score (nSPS) is 20.8. The van der Waals surface area contributed by atoms with Gasteiger partial charge in [-0.1, -0.05) is 0 Å². The molecule has 0 aliphatic carbocycles. The molecule has 0 amide bonds. The van der Waals surface area contributed by atoms with E-state index in [0.29, 0.717) is 6.10 Å². The Morgan fingerprint density at radius 1 is 1.35 bits per heavy atom. The van der Waals surface area contributed by atoms with Crippen molar-refractivity contribution in [2.24, 2.45) is 0 Å². The van der Waals surface area contributed by atoms with E-state index in [-0.39, 0.29) is 5.75 Å². The quantitative estimate of drug-likeness (QED) is 0.863. The molecule has 3 heterocycles. The average molecular weight is 232 g/mol. The summed E-state index contributed by atoms with van der Waals surface area (Å²) in [5.41, 5.74) is 1.90. The van der Waals surface area contributed by atoms with Crippen LogP contribution in [0.1, 0.15) is 25.0 Å². The molecule has 0 bridgehead atoms. The summed E-state index contributed by atoms with van der Waals surface area (Å²) < 4.78 is 7.56. The summed E-state index contributed by atoms with van der Waals surface area (Å²) in [6, 6.07) is 3.48. The van der Waals surface area contributed by atoms with E-state index in [9.17, 15) is 5.11 Å². The summed E-state index contributed by atoms with van der Waals surface area (Å²) in [6.07, 6.45) is 8.36. The van der Waals surface area contributed by atoms with Crippen molar-refractivity contribution in [2.45, 2.75) is 31.8 Å². The van der Waals surface area contributed by atoms with Crippen LogP contribution >= 0.6 is 0 Å². The highest BCUT2D eigenvalue weighted by Crippen LogP contribution is 2.18. The Bertz CT molecular complexity index is 515. The monoisotopic (exact) mass is 232 g/mol. The van der Waals surface area contributed by atoms with Crippen LogP contribution in [-0.2, 0) is 11.2 Å². The Hall–Kier alpha value is -1.55. The van der Waals surface area contributed by atoms with Crippen LogP contribution in [0.25, 0.3) is 5.65 Å². The zero-order valence-corrected chi connectivity index (χ0v) is 9.67. The maximum absolute atomic E-state index is 9.39. The van der Waals surface area contributed by atoms with Crippen LogP contribution in [-0.4, -0.2) is 27.2 Å². The zero-order chi connectivity index (χ0) is 11.7. The molecule has 1 fully saturated rings. The summed E-state index contributed by atoms with van der Waals surface area (Å²) >= 11 is 0. The third-order valence-corrected chi connectivity index (χ3v) is 3.20. The Balaban J connectivity index is 1.80. The molecule has 1 N–H and O–H groups in total. The van der Waals surface area contributed by atoms with Crippen LogP contribution in [0, 0.1) is 0 Å². The van der Waals surface area contributed by atoms with Gasteiger partial charge in [-0.05, 0) is 31.4 Å². The standard InChI is InChI=1S/C13H16N2O2/c16-11-4-5-13-14-10(8-15(13)9-11)7-12-3-1-2-6-17-12/h4-5,8-9,12,16H,1-3,6-7H2. The number of imidazole rings is 1. The van der Waals surface area contributed by atoms with E-state index < -0.39 is 0 Å². The molecule has 0 radical (unpaired) electrons. The minimum absolute atomic E-state index is 0.260. The van der Waals surface area contributed by atoms with E-state index in [1.54, 1.807) is 12.3 Å². The molecule has 3 rings (SSSR count). The van der Waals surface area contributed by atoms with Crippen molar-refractivity contribution >= 4 is 5.65 Å². The van der Waals surface area contributed by atoms with E-state index >= 15 is 0 Å². The van der Waals surface area contributed by atoms with E-state index in [1.165, 1.54) is 12.8 Å². The van der Waals surface area contributed by atoms with Gasteiger partial charge in [0.15, 0.2) is 0 Å². The predicted octanol–water partition coefficient (Wildman–Crippen LogP) is 2.15. The van der Waals surface area contributed by atoms with Gasteiger partial charge in [-0.3, -0.25) is 0 Å². The molecule has 2 aromatic rings. The van der Waals surface area contributed by atoms with Crippen LogP contribution in [0.5, 0.6) is 5.75 Å². The van der Waals surface area contributed by atoms with Crippen LogP contribution in [0.3, 0.4) is 0 Å². The lowest BCUT2D eigenvalue weighted by Crippen LogP contribution is -2.21. The van der Waals surface area contributed by atoms with Crippen LogP contribution < -0.4 is 0 Å². The van der Waals surface area contributed by atoms with E-state index in [1.807, 2.05) is 16.7 Å². The van der Waals surface area contributed by atoms with Gasteiger partial charge in [0.1, 0.15) is 11.4 Å². The molecule has 1 atom stereocenters. The fourth-order valence-corrected chi connectivity index (χ4v) is 2.33. The maximum atomic E-state index is 9.39. The van der Waals surface area contributed by atoms with E-state index in [4.69, 9.17) is 4.74 Å². The molecule has 4 nitrogen and oxygen atoms in total. The van der Waals surface area contributed by atoms with Gasteiger partial charge < -0.3 is 14.2 Å². The Kier molecular flexibility index (Phi) is 2.73. The van der Waals surface area contributed by atoms with Gasteiger partial charge in [-0.25, -0.2) is 4.98 Å². The van der Waals surface area contributed by atoms with Gasteiger partial charge in [-0.2, -0.15) is 0 Å². The molecule has 1 aliphatic rings. The largest absolute Gasteiger partial charge is 0.506 e. The van der Waals surface area contributed by atoms with Crippen molar-refractivity contribution in [1.29, 1.82) is 0 Å². The second kappa shape index (κ2) is 4.37. The zero-order valence-electron chi connectivity index (χ0n) is 9.67. The van der Waals surface area contributed by atoms with Crippen molar-refractivity contribution < 1.29 is 9.84 Å². The molecule has 2 aromatic heterocycles. The lowest BCUT2D eigenvalue weighted by Gasteiger charge is -2.21. The number of ether oxygens (including phenoxy) is 1. The molecule has 90 valence electrons. The third-order valence-electron chi connectivity index (χ3n) is 3.20. The van der Waals surface area contributed by atoms with Crippen LogP contribution in [0.2, 0.25) is 0 Å². The van der Waals surface area contributed by atoms with E-state index in [2.05, 4.69) is 4.98 Å². The van der Waals surface area contributed by atoms with Gasteiger partial charge >= 0.3 is 0 Å².